The number of aromatic nitrogens is 3. The second kappa shape index (κ2) is 4.10. The van der Waals surface area contributed by atoms with Gasteiger partial charge in [0.2, 0.25) is 0 Å². The molecule has 0 bridgehead atoms. The number of methoxy groups -OCH3 is 1. The van der Waals surface area contributed by atoms with E-state index in [1.807, 2.05) is 24.3 Å². The Hall–Kier alpha value is -1.88. The molecular formula is C10H11N3O2. The molecule has 5 heteroatoms. The van der Waals surface area contributed by atoms with Crippen LogP contribution in [0.3, 0.4) is 0 Å². The molecule has 0 saturated heterocycles. The van der Waals surface area contributed by atoms with Gasteiger partial charge in [-0.3, -0.25) is 4.57 Å². The lowest BCUT2D eigenvalue weighted by molar-refractivity contribution is 0.269. The van der Waals surface area contributed by atoms with Gasteiger partial charge in [-0.05, 0) is 12.1 Å². The Labute approximate surface area is 87.0 Å². The van der Waals surface area contributed by atoms with Gasteiger partial charge < -0.3 is 9.84 Å². The predicted molar refractivity (Wildman–Crippen MR) is 53.8 cm³/mol. The van der Waals surface area contributed by atoms with Crippen LogP contribution >= 0.6 is 0 Å². The largest absolute Gasteiger partial charge is 0.497 e. The minimum absolute atomic E-state index is 0.142. The van der Waals surface area contributed by atoms with Crippen LogP contribution in [0.5, 0.6) is 5.75 Å². The first-order chi connectivity index (χ1) is 7.35. The van der Waals surface area contributed by atoms with Crippen molar-refractivity contribution in [2.24, 2.45) is 0 Å². The minimum Gasteiger partial charge on any atom is -0.497 e. The van der Waals surface area contributed by atoms with Crippen molar-refractivity contribution in [3.8, 4) is 11.4 Å². The molecule has 1 aromatic carbocycles. The monoisotopic (exact) mass is 205 g/mol. The van der Waals surface area contributed by atoms with Crippen molar-refractivity contribution >= 4 is 0 Å². The number of aliphatic hydroxyl groups excluding tert-OH is 1. The molecule has 1 N–H and O–H groups in total. The molecule has 0 aliphatic heterocycles. The summed E-state index contributed by atoms with van der Waals surface area (Å²) in [6.45, 7) is -0.142. The SMILES string of the molecule is COc1cccc(-n2cnnc2CO)c1. The van der Waals surface area contributed by atoms with E-state index in [0.29, 0.717) is 5.82 Å². The number of hydrogen-bond donors (Lipinski definition) is 1. The van der Waals surface area contributed by atoms with Crippen molar-refractivity contribution < 1.29 is 9.84 Å². The van der Waals surface area contributed by atoms with Crippen molar-refractivity contribution in [3.05, 3.63) is 36.4 Å². The van der Waals surface area contributed by atoms with E-state index in [1.54, 1.807) is 18.0 Å². The van der Waals surface area contributed by atoms with E-state index in [1.165, 1.54) is 0 Å². The average molecular weight is 205 g/mol. The molecule has 2 aromatic rings. The van der Waals surface area contributed by atoms with Gasteiger partial charge >= 0.3 is 0 Å². The van der Waals surface area contributed by atoms with Crippen molar-refractivity contribution in [2.45, 2.75) is 6.61 Å². The molecule has 0 spiro atoms. The van der Waals surface area contributed by atoms with Crippen molar-refractivity contribution in [2.75, 3.05) is 7.11 Å². The second-order valence-electron chi connectivity index (χ2n) is 2.98. The normalized spacial score (nSPS) is 10.3. The lowest BCUT2D eigenvalue weighted by Crippen LogP contribution is -2.00. The van der Waals surface area contributed by atoms with Gasteiger partial charge in [0, 0.05) is 6.07 Å². The summed E-state index contributed by atoms with van der Waals surface area (Å²) in [5.41, 5.74) is 0.864. The zero-order valence-corrected chi connectivity index (χ0v) is 8.29. The van der Waals surface area contributed by atoms with Crippen LogP contribution in [0, 0.1) is 0 Å². The van der Waals surface area contributed by atoms with Crippen molar-refractivity contribution in [3.63, 3.8) is 0 Å². The first kappa shape index (κ1) is 9.67. The lowest BCUT2D eigenvalue weighted by Gasteiger charge is -2.06. The lowest BCUT2D eigenvalue weighted by atomic mass is 10.3. The highest BCUT2D eigenvalue weighted by Crippen LogP contribution is 2.16. The maximum absolute atomic E-state index is 9.04. The Bertz CT molecular complexity index is 453. The van der Waals surface area contributed by atoms with Gasteiger partial charge in [-0.15, -0.1) is 10.2 Å². The third-order valence-corrected chi connectivity index (χ3v) is 2.09. The van der Waals surface area contributed by atoms with Crippen LogP contribution in [0.1, 0.15) is 5.82 Å². The first-order valence-corrected chi connectivity index (χ1v) is 4.49. The quantitative estimate of drug-likeness (QED) is 0.804. The standard InChI is InChI=1S/C10H11N3O2/c1-15-9-4-2-3-8(5-9)13-7-11-12-10(13)6-14/h2-5,7,14H,6H2,1H3. The fourth-order valence-corrected chi connectivity index (χ4v) is 1.34. The summed E-state index contributed by atoms with van der Waals surface area (Å²) < 4.78 is 6.82. The Kier molecular flexibility index (Phi) is 2.64. The summed E-state index contributed by atoms with van der Waals surface area (Å²) in [4.78, 5) is 0. The number of hydrogen-bond acceptors (Lipinski definition) is 4. The predicted octanol–water partition coefficient (Wildman–Crippen LogP) is 0.768. The van der Waals surface area contributed by atoms with Crippen LogP contribution in [-0.2, 0) is 6.61 Å². The zero-order chi connectivity index (χ0) is 10.7. The van der Waals surface area contributed by atoms with E-state index in [2.05, 4.69) is 10.2 Å². The molecule has 1 heterocycles. The smallest absolute Gasteiger partial charge is 0.163 e. The average Bonchev–Trinajstić information content (AvgIpc) is 2.77. The van der Waals surface area contributed by atoms with Crippen LogP contribution in [0.2, 0.25) is 0 Å². The molecule has 0 amide bonds. The molecule has 0 unspecified atom stereocenters. The van der Waals surface area contributed by atoms with Gasteiger partial charge in [-0.2, -0.15) is 0 Å². The molecule has 0 fully saturated rings. The molecule has 0 saturated carbocycles. The van der Waals surface area contributed by atoms with Crippen molar-refractivity contribution in [1.29, 1.82) is 0 Å². The summed E-state index contributed by atoms with van der Waals surface area (Å²) in [6, 6.07) is 7.47. The van der Waals surface area contributed by atoms with E-state index in [0.717, 1.165) is 11.4 Å². The van der Waals surface area contributed by atoms with Crippen LogP contribution in [0.15, 0.2) is 30.6 Å². The Morgan fingerprint density at radius 1 is 1.47 bits per heavy atom. The minimum atomic E-state index is -0.142. The highest BCUT2D eigenvalue weighted by Gasteiger charge is 2.05. The maximum Gasteiger partial charge on any atom is 0.163 e. The van der Waals surface area contributed by atoms with Gasteiger partial charge in [0.15, 0.2) is 5.82 Å². The van der Waals surface area contributed by atoms with Crippen LogP contribution in [0.4, 0.5) is 0 Å². The van der Waals surface area contributed by atoms with Crippen molar-refractivity contribution in [1.82, 2.24) is 14.8 Å². The van der Waals surface area contributed by atoms with E-state index >= 15 is 0 Å². The van der Waals surface area contributed by atoms with Gasteiger partial charge in [0.05, 0.1) is 12.8 Å². The van der Waals surface area contributed by atoms with E-state index in [-0.39, 0.29) is 6.61 Å². The molecule has 5 nitrogen and oxygen atoms in total. The molecule has 15 heavy (non-hydrogen) atoms. The fraction of sp³-hybridized carbons (Fsp3) is 0.200. The summed E-state index contributed by atoms with van der Waals surface area (Å²) in [5.74, 6) is 1.26. The topological polar surface area (TPSA) is 60.2 Å². The Morgan fingerprint density at radius 3 is 3.07 bits per heavy atom. The zero-order valence-electron chi connectivity index (χ0n) is 8.29. The van der Waals surface area contributed by atoms with E-state index in [4.69, 9.17) is 9.84 Å². The number of rotatable bonds is 3. The maximum atomic E-state index is 9.04. The molecular weight excluding hydrogens is 194 g/mol. The van der Waals surface area contributed by atoms with Crippen LogP contribution in [0.25, 0.3) is 5.69 Å². The number of ether oxygens (including phenoxy) is 1. The van der Waals surface area contributed by atoms with Gasteiger partial charge in [0.1, 0.15) is 18.7 Å². The third kappa shape index (κ3) is 1.82. The second-order valence-corrected chi connectivity index (χ2v) is 2.98. The molecule has 0 aliphatic carbocycles. The first-order valence-electron chi connectivity index (χ1n) is 4.49. The molecule has 1 aromatic heterocycles. The molecule has 2 rings (SSSR count). The molecule has 0 atom stereocenters. The summed E-state index contributed by atoms with van der Waals surface area (Å²) in [6.07, 6.45) is 1.56. The molecule has 78 valence electrons. The fourth-order valence-electron chi connectivity index (χ4n) is 1.34. The van der Waals surface area contributed by atoms with Gasteiger partial charge in [-0.1, -0.05) is 6.07 Å². The van der Waals surface area contributed by atoms with Gasteiger partial charge in [-0.25, -0.2) is 0 Å². The highest BCUT2D eigenvalue weighted by atomic mass is 16.5. The van der Waals surface area contributed by atoms with Gasteiger partial charge in [0.25, 0.3) is 0 Å². The van der Waals surface area contributed by atoms with E-state index in [9.17, 15) is 0 Å². The van der Waals surface area contributed by atoms with E-state index < -0.39 is 0 Å². The Balaban J connectivity index is 2.44. The summed E-state index contributed by atoms with van der Waals surface area (Å²) in [5, 5.41) is 16.6. The van der Waals surface area contributed by atoms with Crippen LogP contribution in [-0.4, -0.2) is 27.0 Å². The highest BCUT2D eigenvalue weighted by molar-refractivity contribution is 5.39. The Morgan fingerprint density at radius 2 is 2.33 bits per heavy atom. The molecule has 0 radical (unpaired) electrons. The number of nitrogens with zero attached hydrogens (tertiary/aromatic N) is 3. The third-order valence-electron chi connectivity index (χ3n) is 2.09. The van der Waals surface area contributed by atoms with Crippen LogP contribution < -0.4 is 4.74 Å². The summed E-state index contributed by atoms with van der Waals surface area (Å²) >= 11 is 0. The summed E-state index contributed by atoms with van der Waals surface area (Å²) in [7, 11) is 1.61. The number of aliphatic hydroxyl groups is 1. The molecule has 0 aliphatic rings. The number of benzene rings is 1.